The molecule has 2 aliphatic carbocycles. The van der Waals surface area contributed by atoms with E-state index in [1.165, 1.54) is 0 Å². The quantitative estimate of drug-likeness (QED) is 0.753. The summed E-state index contributed by atoms with van der Waals surface area (Å²) >= 11 is 0. The highest BCUT2D eigenvalue weighted by Crippen LogP contribution is 2.52. The van der Waals surface area contributed by atoms with Crippen LogP contribution in [0.1, 0.15) is 38.5 Å². The molecule has 0 saturated heterocycles. The maximum absolute atomic E-state index is 11.9. The van der Waals surface area contributed by atoms with Crippen molar-refractivity contribution < 1.29 is 22.7 Å². The molecule has 0 aliphatic heterocycles. The van der Waals surface area contributed by atoms with Gasteiger partial charge >= 0.3 is 6.18 Å². The molecule has 16 heavy (non-hydrogen) atoms. The van der Waals surface area contributed by atoms with Crippen LogP contribution in [-0.4, -0.2) is 24.7 Å². The Morgan fingerprint density at radius 1 is 1.31 bits per heavy atom. The summed E-state index contributed by atoms with van der Waals surface area (Å²) in [4.78, 5) is 11.5. The number of carbonyl (C=O) groups is 1. The van der Waals surface area contributed by atoms with Crippen molar-refractivity contribution in [2.45, 2.75) is 50.8 Å². The van der Waals surface area contributed by atoms with E-state index in [2.05, 4.69) is 0 Å². The molecule has 1 atom stereocenters. The van der Waals surface area contributed by atoms with Gasteiger partial charge in [0.2, 0.25) is 0 Å². The number of ether oxygens (including phenoxy) is 1. The van der Waals surface area contributed by atoms with Crippen LogP contribution in [0.25, 0.3) is 0 Å². The Morgan fingerprint density at radius 2 is 1.94 bits per heavy atom. The van der Waals surface area contributed by atoms with Crippen molar-refractivity contribution in [3.63, 3.8) is 0 Å². The van der Waals surface area contributed by atoms with Gasteiger partial charge in [-0.1, -0.05) is 12.8 Å². The number of hydrogen-bond acceptors (Lipinski definition) is 2. The van der Waals surface area contributed by atoms with Crippen LogP contribution in [0.2, 0.25) is 0 Å². The Bertz CT molecular complexity index is 279. The highest BCUT2D eigenvalue weighted by Gasteiger charge is 2.56. The van der Waals surface area contributed by atoms with Crippen LogP contribution in [0.3, 0.4) is 0 Å². The van der Waals surface area contributed by atoms with E-state index in [4.69, 9.17) is 4.74 Å². The predicted molar refractivity (Wildman–Crippen MR) is 50.9 cm³/mol. The molecule has 2 saturated carbocycles. The van der Waals surface area contributed by atoms with Gasteiger partial charge < -0.3 is 4.74 Å². The minimum absolute atomic E-state index is 0.182. The van der Waals surface area contributed by atoms with Crippen molar-refractivity contribution in [1.82, 2.24) is 0 Å². The van der Waals surface area contributed by atoms with Crippen LogP contribution in [0, 0.1) is 5.41 Å². The molecule has 1 spiro atoms. The summed E-state index contributed by atoms with van der Waals surface area (Å²) in [7, 11) is 0. The Kier molecular flexibility index (Phi) is 2.99. The van der Waals surface area contributed by atoms with Crippen molar-refractivity contribution in [3.8, 4) is 0 Å². The number of rotatable bonds is 3. The van der Waals surface area contributed by atoms with Crippen LogP contribution in [0.15, 0.2) is 0 Å². The molecule has 0 heterocycles. The fourth-order valence-corrected chi connectivity index (χ4v) is 2.76. The molecule has 0 aromatic rings. The van der Waals surface area contributed by atoms with Gasteiger partial charge in [0.15, 0.2) is 0 Å². The molecule has 0 aromatic heterocycles. The molecule has 0 aromatic carbocycles. The molecule has 5 heteroatoms. The first-order valence-corrected chi connectivity index (χ1v) is 5.66. The van der Waals surface area contributed by atoms with E-state index in [1.54, 1.807) is 0 Å². The predicted octanol–water partition coefficient (Wildman–Crippen LogP) is 2.86. The van der Waals surface area contributed by atoms with Crippen molar-refractivity contribution >= 4 is 5.78 Å². The first-order valence-electron chi connectivity index (χ1n) is 5.66. The second-order valence-electron chi connectivity index (χ2n) is 4.72. The fraction of sp³-hybridized carbons (Fsp3) is 0.909. The van der Waals surface area contributed by atoms with Crippen molar-refractivity contribution in [3.05, 3.63) is 0 Å². The van der Waals surface area contributed by atoms with Crippen molar-refractivity contribution in [2.24, 2.45) is 5.41 Å². The molecular formula is C11H15F3O2. The zero-order valence-electron chi connectivity index (χ0n) is 8.98. The Morgan fingerprint density at radius 3 is 2.44 bits per heavy atom. The highest BCUT2D eigenvalue weighted by atomic mass is 19.4. The molecule has 0 amide bonds. The third-order valence-corrected chi connectivity index (χ3v) is 3.74. The van der Waals surface area contributed by atoms with Crippen LogP contribution in [-0.2, 0) is 9.53 Å². The number of hydrogen-bond donors (Lipinski definition) is 0. The SMILES string of the molecule is O=C1CC(OCCC(F)(F)F)C12CCCC2. The van der Waals surface area contributed by atoms with Gasteiger partial charge in [0.1, 0.15) is 5.78 Å². The average molecular weight is 236 g/mol. The second kappa shape index (κ2) is 4.02. The van der Waals surface area contributed by atoms with Crippen LogP contribution in [0.4, 0.5) is 13.2 Å². The smallest absolute Gasteiger partial charge is 0.376 e. The third-order valence-electron chi connectivity index (χ3n) is 3.74. The van der Waals surface area contributed by atoms with Crippen LogP contribution >= 0.6 is 0 Å². The van der Waals surface area contributed by atoms with Gasteiger partial charge in [-0.15, -0.1) is 0 Å². The fourth-order valence-electron chi connectivity index (χ4n) is 2.76. The number of alkyl halides is 3. The van der Waals surface area contributed by atoms with Gasteiger partial charge in [-0.05, 0) is 12.8 Å². The van der Waals surface area contributed by atoms with E-state index in [0.717, 1.165) is 25.7 Å². The molecule has 2 aliphatic rings. The lowest BCUT2D eigenvalue weighted by molar-refractivity contribution is -0.176. The standard InChI is InChI=1S/C11H15F3O2/c12-11(13,14)5-6-16-9-7-8(15)10(9)3-1-2-4-10/h9H,1-7H2. The molecule has 0 radical (unpaired) electrons. The summed E-state index contributed by atoms with van der Waals surface area (Å²) in [6.45, 7) is -0.316. The summed E-state index contributed by atoms with van der Waals surface area (Å²) in [6.07, 6.45) is -1.48. The normalized spacial score (nSPS) is 28.4. The van der Waals surface area contributed by atoms with Crippen LogP contribution in [0.5, 0.6) is 0 Å². The molecule has 2 rings (SSSR count). The number of carbonyl (C=O) groups excluding carboxylic acids is 1. The molecule has 0 bridgehead atoms. The third kappa shape index (κ3) is 2.10. The summed E-state index contributed by atoms with van der Waals surface area (Å²) in [6, 6.07) is 0. The zero-order chi connectivity index (χ0) is 11.8. The Balaban J connectivity index is 1.81. The lowest BCUT2D eigenvalue weighted by Gasteiger charge is -2.44. The minimum Gasteiger partial charge on any atom is -0.376 e. The van der Waals surface area contributed by atoms with Gasteiger partial charge in [-0.25, -0.2) is 0 Å². The zero-order valence-corrected chi connectivity index (χ0v) is 8.98. The van der Waals surface area contributed by atoms with E-state index in [-0.39, 0.29) is 18.5 Å². The average Bonchev–Trinajstić information content (AvgIpc) is 2.66. The summed E-state index contributed by atoms with van der Waals surface area (Å²) in [5, 5.41) is 0. The Hall–Kier alpha value is -0.580. The second-order valence-corrected chi connectivity index (χ2v) is 4.72. The minimum atomic E-state index is -4.17. The molecule has 1 unspecified atom stereocenters. The van der Waals surface area contributed by atoms with E-state index >= 15 is 0 Å². The first-order chi connectivity index (χ1) is 7.44. The van der Waals surface area contributed by atoms with Gasteiger partial charge in [-0.2, -0.15) is 13.2 Å². The molecule has 2 nitrogen and oxygen atoms in total. The lowest BCUT2D eigenvalue weighted by Crippen LogP contribution is -2.53. The van der Waals surface area contributed by atoms with Crippen LogP contribution < -0.4 is 0 Å². The van der Waals surface area contributed by atoms with Gasteiger partial charge in [0.05, 0.1) is 24.5 Å². The molecule has 0 N–H and O–H groups in total. The topological polar surface area (TPSA) is 26.3 Å². The number of Topliss-reactive ketones (excluding diaryl/α,β-unsaturated/α-hetero) is 1. The van der Waals surface area contributed by atoms with Crippen molar-refractivity contribution in [2.75, 3.05) is 6.61 Å². The van der Waals surface area contributed by atoms with Gasteiger partial charge in [0, 0.05) is 6.42 Å². The Labute approximate surface area is 92.1 Å². The maximum Gasteiger partial charge on any atom is 0.391 e. The number of ketones is 1. The molecule has 2 fully saturated rings. The van der Waals surface area contributed by atoms with Crippen molar-refractivity contribution in [1.29, 1.82) is 0 Å². The van der Waals surface area contributed by atoms with Gasteiger partial charge in [0.25, 0.3) is 0 Å². The maximum atomic E-state index is 11.9. The van der Waals surface area contributed by atoms with Gasteiger partial charge in [-0.3, -0.25) is 4.79 Å². The van der Waals surface area contributed by atoms with E-state index in [0.29, 0.717) is 6.42 Å². The monoisotopic (exact) mass is 236 g/mol. The van der Waals surface area contributed by atoms with E-state index < -0.39 is 18.0 Å². The summed E-state index contributed by atoms with van der Waals surface area (Å²) in [5.41, 5.74) is -0.411. The van der Waals surface area contributed by atoms with E-state index in [1.807, 2.05) is 0 Å². The van der Waals surface area contributed by atoms with E-state index in [9.17, 15) is 18.0 Å². The highest BCUT2D eigenvalue weighted by molar-refractivity contribution is 5.92. The lowest BCUT2D eigenvalue weighted by atomic mass is 9.63. The first kappa shape index (κ1) is 11.9. The summed E-state index contributed by atoms with van der Waals surface area (Å²) in [5.74, 6) is 0.182. The summed E-state index contributed by atoms with van der Waals surface area (Å²) < 4.78 is 41.0. The number of halogens is 3. The molecular weight excluding hydrogens is 221 g/mol. The molecule has 92 valence electrons. The largest absolute Gasteiger partial charge is 0.391 e.